The van der Waals surface area contributed by atoms with Gasteiger partial charge in [0.1, 0.15) is 0 Å². The van der Waals surface area contributed by atoms with Crippen LogP contribution in [0.5, 0.6) is 0 Å². The topological polar surface area (TPSA) is 69.2 Å². The van der Waals surface area contributed by atoms with Gasteiger partial charge in [-0.05, 0) is 19.9 Å². The normalized spacial score (nSPS) is 23.0. The zero-order chi connectivity index (χ0) is 8.32. The van der Waals surface area contributed by atoms with Crippen LogP contribution in [0.15, 0.2) is 0 Å². The molecule has 1 radical (unpaired) electrons. The lowest BCUT2D eigenvalue weighted by atomic mass is 9.88. The highest BCUT2D eigenvalue weighted by Gasteiger charge is 2.36. The van der Waals surface area contributed by atoms with E-state index in [0.29, 0.717) is 0 Å². The molecule has 4 heteroatoms. The molecule has 4 nitrogen and oxygen atoms in total. The summed E-state index contributed by atoms with van der Waals surface area (Å²) in [7, 11) is 1.77. The minimum Gasteiger partial charge on any atom is -0.368 e. The molecule has 0 aromatic carbocycles. The quantitative estimate of drug-likeness (QED) is 0.529. The molecule has 1 amide bonds. The minimum absolute atomic E-state index is 0.255. The molecular weight excluding hydrogens is 142 g/mol. The molecule has 0 unspecified atom stereocenters. The predicted molar refractivity (Wildman–Crippen MR) is 42.1 cm³/mol. The van der Waals surface area contributed by atoms with E-state index in [2.05, 4.69) is 10.6 Å². The number of rotatable bonds is 2. The lowest BCUT2D eigenvalue weighted by molar-refractivity contribution is -0.125. The van der Waals surface area contributed by atoms with Gasteiger partial charge in [0.05, 0.1) is 5.54 Å². The van der Waals surface area contributed by atoms with Crippen LogP contribution in [-0.4, -0.2) is 31.6 Å². The van der Waals surface area contributed by atoms with Crippen molar-refractivity contribution < 1.29 is 4.79 Å². The Balaban J connectivity index is 2.64. The number of carbonyl (C=O) groups is 1. The molecule has 0 bridgehead atoms. The summed E-state index contributed by atoms with van der Waals surface area (Å²) in [6.07, 6.45) is 1.47. The first-order chi connectivity index (χ1) is 5.21. The second-order valence-corrected chi connectivity index (χ2v) is 2.87. The largest absolute Gasteiger partial charge is 0.368 e. The highest BCUT2D eigenvalue weighted by molar-refractivity contribution is 5.84. The van der Waals surface area contributed by atoms with Gasteiger partial charge in [0.25, 0.3) is 0 Å². The Labute approximate surface area is 66.5 Å². The van der Waals surface area contributed by atoms with Crippen molar-refractivity contribution in [1.29, 1.82) is 0 Å². The number of hydrogen-bond donors (Lipinski definition) is 2. The fourth-order valence-corrected chi connectivity index (χ4v) is 1.40. The van der Waals surface area contributed by atoms with Crippen LogP contribution in [0, 0.1) is 0 Å². The summed E-state index contributed by atoms with van der Waals surface area (Å²) in [4.78, 5) is 11.0. The van der Waals surface area contributed by atoms with E-state index in [1.54, 1.807) is 7.05 Å². The molecule has 0 aromatic rings. The molecule has 1 rings (SSSR count). The average molecular weight is 156 g/mol. The number of nitrogens with two attached hydrogens (primary N) is 1. The Kier molecular flexibility index (Phi) is 2.46. The van der Waals surface area contributed by atoms with Crippen LogP contribution < -0.4 is 16.4 Å². The number of carbonyl (C=O) groups excluding carboxylic acids is 1. The Hall–Kier alpha value is -0.610. The van der Waals surface area contributed by atoms with E-state index in [0.717, 1.165) is 25.9 Å². The van der Waals surface area contributed by atoms with E-state index in [-0.39, 0.29) is 5.91 Å². The summed E-state index contributed by atoms with van der Waals surface area (Å²) in [5.74, 6) is -0.255. The molecule has 0 atom stereocenters. The smallest absolute Gasteiger partial charge is 0.237 e. The first kappa shape index (κ1) is 8.49. The van der Waals surface area contributed by atoms with Crippen LogP contribution in [0.2, 0.25) is 0 Å². The van der Waals surface area contributed by atoms with Crippen molar-refractivity contribution in [3.8, 4) is 0 Å². The zero-order valence-electron chi connectivity index (χ0n) is 6.76. The summed E-state index contributed by atoms with van der Waals surface area (Å²) in [5.41, 5.74) is 4.79. The Bertz CT molecular complexity index is 152. The number of nitrogens with one attached hydrogen (secondary N) is 1. The average Bonchev–Trinajstić information content (AvgIpc) is 2.05. The highest BCUT2D eigenvalue weighted by atomic mass is 16.1. The van der Waals surface area contributed by atoms with Crippen LogP contribution in [0.4, 0.5) is 0 Å². The van der Waals surface area contributed by atoms with E-state index >= 15 is 0 Å². The molecular formula is C7H14N3O. The first-order valence-electron chi connectivity index (χ1n) is 3.83. The van der Waals surface area contributed by atoms with Gasteiger partial charge < -0.3 is 11.1 Å². The van der Waals surface area contributed by atoms with E-state index < -0.39 is 5.54 Å². The zero-order valence-corrected chi connectivity index (χ0v) is 6.76. The molecule has 0 aliphatic carbocycles. The van der Waals surface area contributed by atoms with Gasteiger partial charge in [-0.3, -0.25) is 4.79 Å². The van der Waals surface area contributed by atoms with Gasteiger partial charge in [-0.2, -0.15) is 0 Å². The molecule has 1 fully saturated rings. The van der Waals surface area contributed by atoms with Crippen molar-refractivity contribution in [2.45, 2.75) is 18.4 Å². The third-order valence-corrected chi connectivity index (χ3v) is 2.34. The van der Waals surface area contributed by atoms with Gasteiger partial charge in [-0.25, -0.2) is 5.32 Å². The molecule has 1 aliphatic rings. The van der Waals surface area contributed by atoms with Crippen molar-refractivity contribution in [2.24, 2.45) is 5.73 Å². The lowest BCUT2D eigenvalue weighted by Gasteiger charge is -2.33. The minimum atomic E-state index is -0.484. The van der Waals surface area contributed by atoms with Crippen LogP contribution in [-0.2, 0) is 4.79 Å². The van der Waals surface area contributed by atoms with Gasteiger partial charge >= 0.3 is 0 Å². The summed E-state index contributed by atoms with van der Waals surface area (Å²) >= 11 is 0. The summed E-state index contributed by atoms with van der Waals surface area (Å²) in [6.45, 7) is 1.48. The van der Waals surface area contributed by atoms with Crippen molar-refractivity contribution >= 4 is 5.91 Å². The van der Waals surface area contributed by atoms with Crippen LogP contribution in [0.3, 0.4) is 0 Å². The standard InChI is InChI=1S/C7H14N3O/c1-9-7(6(8)11)2-4-10-5-3-7/h9H,2-5H2,1H3,(H2,8,11). The number of likely N-dealkylation sites (N-methyl/N-ethyl adjacent to an activating group) is 1. The first-order valence-corrected chi connectivity index (χ1v) is 3.83. The molecule has 0 saturated carbocycles. The Morgan fingerprint density at radius 1 is 1.55 bits per heavy atom. The van der Waals surface area contributed by atoms with Gasteiger partial charge in [-0.1, -0.05) is 0 Å². The molecule has 3 N–H and O–H groups in total. The Morgan fingerprint density at radius 3 is 2.36 bits per heavy atom. The second kappa shape index (κ2) is 3.19. The third-order valence-electron chi connectivity index (χ3n) is 2.34. The SMILES string of the molecule is CNC1(C(N)=O)CC[N]CC1. The molecule has 1 heterocycles. The van der Waals surface area contributed by atoms with Crippen molar-refractivity contribution in [3.63, 3.8) is 0 Å². The molecule has 0 aromatic heterocycles. The maximum atomic E-state index is 11.0. The molecule has 1 saturated heterocycles. The van der Waals surface area contributed by atoms with Crippen molar-refractivity contribution in [3.05, 3.63) is 0 Å². The van der Waals surface area contributed by atoms with E-state index in [1.807, 2.05) is 0 Å². The van der Waals surface area contributed by atoms with Gasteiger partial charge in [0, 0.05) is 13.1 Å². The van der Waals surface area contributed by atoms with Gasteiger partial charge in [-0.15, -0.1) is 0 Å². The highest BCUT2D eigenvalue weighted by Crippen LogP contribution is 2.17. The molecule has 1 aliphatic heterocycles. The summed E-state index contributed by atoms with van der Waals surface area (Å²) in [5, 5.41) is 7.14. The van der Waals surface area contributed by atoms with Crippen LogP contribution in [0.25, 0.3) is 0 Å². The monoisotopic (exact) mass is 156 g/mol. The van der Waals surface area contributed by atoms with Crippen molar-refractivity contribution in [2.75, 3.05) is 20.1 Å². The predicted octanol–water partition coefficient (Wildman–Crippen LogP) is -1.17. The molecule has 0 spiro atoms. The van der Waals surface area contributed by atoms with Crippen LogP contribution in [0.1, 0.15) is 12.8 Å². The van der Waals surface area contributed by atoms with E-state index in [4.69, 9.17) is 5.73 Å². The fraction of sp³-hybridized carbons (Fsp3) is 0.857. The number of piperidine rings is 1. The molecule has 11 heavy (non-hydrogen) atoms. The van der Waals surface area contributed by atoms with Crippen LogP contribution >= 0.6 is 0 Å². The maximum Gasteiger partial charge on any atom is 0.237 e. The number of primary amides is 1. The number of amides is 1. The third kappa shape index (κ3) is 1.52. The molecule has 63 valence electrons. The van der Waals surface area contributed by atoms with Crippen molar-refractivity contribution in [1.82, 2.24) is 10.6 Å². The summed E-state index contributed by atoms with van der Waals surface area (Å²) in [6, 6.07) is 0. The van der Waals surface area contributed by atoms with E-state index in [9.17, 15) is 4.79 Å². The van der Waals surface area contributed by atoms with Gasteiger partial charge in [0.15, 0.2) is 0 Å². The number of nitrogens with zero attached hydrogens (tertiary/aromatic N) is 1. The van der Waals surface area contributed by atoms with Gasteiger partial charge in [0.2, 0.25) is 5.91 Å². The van der Waals surface area contributed by atoms with E-state index in [1.165, 1.54) is 0 Å². The lowest BCUT2D eigenvalue weighted by Crippen LogP contribution is -2.58. The maximum absolute atomic E-state index is 11.0. The second-order valence-electron chi connectivity index (χ2n) is 2.87. The fourth-order valence-electron chi connectivity index (χ4n) is 1.40. The number of hydrogen-bond acceptors (Lipinski definition) is 2. The summed E-state index contributed by atoms with van der Waals surface area (Å²) < 4.78 is 0. The Morgan fingerprint density at radius 2 is 2.09 bits per heavy atom.